The van der Waals surface area contributed by atoms with Gasteiger partial charge in [-0.05, 0) is 50.8 Å². The summed E-state index contributed by atoms with van der Waals surface area (Å²) in [7, 11) is 1.00. The normalized spacial score (nSPS) is 13.1. The van der Waals surface area contributed by atoms with Gasteiger partial charge in [0.15, 0.2) is 0 Å². The maximum absolute atomic E-state index is 13.2. The summed E-state index contributed by atoms with van der Waals surface area (Å²) in [5.74, 6) is 0.0936. The molecule has 2 N–H and O–H groups in total. The van der Waals surface area contributed by atoms with Crippen LogP contribution >= 0.6 is 0 Å². The minimum absolute atomic E-state index is 0.204. The molecule has 152 valence electrons. The number of imide groups is 1. The van der Waals surface area contributed by atoms with Crippen molar-refractivity contribution in [1.29, 1.82) is 0 Å². The van der Waals surface area contributed by atoms with Gasteiger partial charge in [0.1, 0.15) is 18.4 Å². The summed E-state index contributed by atoms with van der Waals surface area (Å²) in [5, 5.41) is 7.00. The molecule has 8 heteroatoms. The molecule has 28 heavy (non-hydrogen) atoms. The Labute approximate surface area is 163 Å². The number of H-pyrrole nitrogens is 1. The Morgan fingerprint density at radius 3 is 2.64 bits per heavy atom. The summed E-state index contributed by atoms with van der Waals surface area (Å²) in [6.07, 6.45) is 4.73. The molecule has 0 spiro atoms. The van der Waals surface area contributed by atoms with Gasteiger partial charge in [0.25, 0.3) is 5.91 Å². The Hall–Kier alpha value is -2.87. The maximum Gasteiger partial charge on any atom is 0.256 e. The van der Waals surface area contributed by atoms with E-state index >= 15 is 0 Å². The van der Waals surface area contributed by atoms with Gasteiger partial charge < -0.3 is 14.9 Å². The SMILES string of the molecule is C=O.CC1=C(C(=O)N(C=O)CCc2nc3ccc(F)cc3[nH]2)CCCC1.CO. The fourth-order valence-electron chi connectivity index (χ4n) is 3.10. The zero-order valence-electron chi connectivity index (χ0n) is 16.2. The minimum Gasteiger partial charge on any atom is -0.400 e. The summed E-state index contributed by atoms with van der Waals surface area (Å²) >= 11 is 0. The van der Waals surface area contributed by atoms with Crippen molar-refractivity contribution in [3.05, 3.63) is 41.0 Å². The summed E-state index contributed by atoms with van der Waals surface area (Å²) in [6.45, 7) is 4.21. The first-order chi connectivity index (χ1) is 13.6. The Bertz CT molecular complexity index is 832. The molecule has 1 heterocycles. The largest absolute Gasteiger partial charge is 0.400 e. The standard InChI is InChI=1S/C18H20FN3O2.CH4O.CH2O/c1-12-4-2-3-5-14(12)18(24)22(11-23)9-8-17-20-15-7-6-13(19)10-16(15)21-17;2*1-2/h6-7,10-11H,2-5,8-9H2,1H3,(H,20,21);2H,1H3;1H2. The van der Waals surface area contributed by atoms with Crippen molar-refractivity contribution < 1.29 is 23.9 Å². The molecule has 2 aromatic rings. The number of aromatic amines is 1. The number of aromatic nitrogens is 2. The van der Waals surface area contributed by atoms with E-state index in [1.54, 1.807) is 6.07 Å². The van der Waals surface area contributed by atoms with Crippen LogP contribution in [-0.4, -0.2) is 52.7 Å². The van der Waals surface area contributed by atoms with Gasteiger partial charge in [-0.3, -0.25) is 14.5 Å². The van der Waals surface area contributed by atoms with Crippen LogP contribution in [0.15, 0.2) is 29.3 Å². The quantitative estimate of drug-likeness (QED) is 0.763. The minimum atomic E-state index is -0.331. The molecule has 7 nitrogen and oxygen atoms in total. The molecule has 0 atom stereocenters. The van der Waals surface area contributed by atoms with Gasteiger partial charge in [-0.1, -0.05) is 5.57 Å². The van der Waals surface area contributed by atoms with Gasteiger partial charge in [0, 0.05) is 25.6 Å². The fourth-order valence-corrected chi connectivity index (χ4v) is 3.10. The molecule has 1 aliphatic carbocycles. The highest BCUT2D eigenvalue weighted by molar-refractivity contribution is 5.99. The van der Waals surface area contributed by atoms with Crippen molar-refractivity contribution >= 4 is 30.1 Å². The molecule has 0 radical (unpaired) electrons. The van der Waals surface area contributed by atoms with Crippen molar-refractivity contribution in [3.8, 4) is 0 Å². The number of nitrogens with one attached hydrogen (secondary N) is 1. The number of benzene rings is 1. The van der Waals surface area contributed by atoms with Gasteiger partial charge >= 0.3 is 0 Å². The van der Waals surface area contributed by atoms with Crippen molar-refractivity contribution in [2.75, 3.05) is 13.7 Å². The van der Waals surface area contributed by atoms with Crippen LogP contribution in [0.25, 0.3) is 11.0 Å². The average molecular weight is 391 g/mol. The smallest absolute Gasteiger partial charge is 0.256 e. The number of fused-ring (bicyclic) bond motifs is 1. The van der Waals surface area contributed by atoms with E-state index < -0.39 is 0 Å². The topological polar surface area (TPSA) is 103 Å². The highest BCUT2D eigenvalue weighted by Gasteiger charge is 2.22. The first-order valence-corrected chi connectivity index (χ1v) is 8.91. The predicted octanol–water partition coefficient (Wildman–Crippen LogP) is 2.54. The van der Waals surface area contributed by atoms with E-state index in [0.717, 1.165) is 43.9 Å². The molecule has 0 unspecified atom stereocenters. The number of nitrogens with zero attached hydrogens (tertiary/aromatic N) is 2. The molecule has 0 bridgehead atoms. The molecule has 2 amide bonds. The molecular weight excluding hydrogens is 365 g/mol. The number of rotatable bonds is 5. The lowest BCUT2D eigenvalue weighted by atomic mass is 9.92. The highest BCUT2D eigenvalue weighted by Crippen LogP contribution is 2.25. The van der Waals surface area contributed by atoms with E-state index in [9.17, 15) is 14.0 Å². The first kappa shape index (κ1) is 23.2. The first-order valence-electron chi connectivity index (χ1n) is 8.91. The monoisotopic (exact) mass is 391 g/mol. The molecule has 3 rings (SSSR count). The van der Waals surface area contributed by atoms with E-state index in [-0.39, 0.29) is 18.3 Å². The third kappa shape index (κ3) is 5.82. The molecule has 0 saturated heterocycles. The highest BCUT2D eigenvalue weighted by atomic mass is 19.1. The van der Waals surface area contributed by atoms with Crippen LogP contribution < -0.4 is 0 Å². The van der Waals surface area contributed by atoms with E-state index in [4.69, 9.17) is 9.90 Å². The van der Waals surface area contributed by atoms with Crippen LogP contribution in [0.1, 0.15) is 38.4 Å². The molecule has 1 aromatic heterocycles. The van der Waals surface area contributed by atoms with Crippen LogP contribution in [0.2, 0.25) is 0 Å². The zero-order valence-corrected chi connectivity index (χ0v) is 16.2. The van der Waals surface area contributed by atoms with Crippen LogP contribution in [-0.2, 0) is 20.8 Å². The van der Waals surface area contributed by atoms with Crippen LogP contribution in [0.3, 0.4) is 0 Å². The van der Waals surface area contributed by atoms with E-state index in [2.05, 4.69) is 9.97 Å². The summed E-state index contributed by atoms with van der Waals surface area (Å²) in [6, 6.07) is 4.33. The molecule has 0 fully saturated rings. The van der Waals surface area contributed by atoms with Gasteiger partial charge in [-0.2, -0.15) is 0 Å². The molecule has 0 aliphatic heterocycles. The molecule has 1 aliphatic rings. The predicted molar refractivity (Wildman–Crippen MR) is 104 cm³/mol. The Balaban J connectivity index is 0.000000921. The number of carbonyl (C=O) groups is 3. The number of halogens is 1. The lowest BCUT2D eigenvalue weighted by molar-refractivity contribution is -0.135. The number of hydrogen-bond donors (Lipinski definition) is 2. The fraction of sp³-hybridized carbons (Fsp3) is 0.400. The Morgan fingerprint density at radius 1 is 1.32 bits per heavy atom. The number of hydrogen-bond acceptors (Lipinski definition) is 5. The number of allylic oxidation sites excluding steroid dienone is 1. The van der Waals surface area contributed by atoms with Gasteiger partial charge in [-0.25, -0.2) is 9.37 Å². The number of aliphatic hydroxyl groups excluding tert-OH is 1. The molecular formula is C20H26FN3O4. The third-order valence-electron chi connectivity index (χ3n) is 4.47. The number of carbonyl (C=O) groups excluding carboxylic acids is 3. The molecule has 1 aromatic carbocycles. The van der Waals surface area contributed by atoms with E-state index in [1.807, 2.05) is 13.7 Å². The van der Waals surface area contributed by atoms with Gasteiger partial charge in [0.05, 0.1) is 11.0 Å². The van der Waals surface area contributed by atoms with Crippen molar-refractivity contribution in [2.24, 2.45) is 0 Å². The van der Waals surface area contributed by atoms with Crippen molar-refractivity contribution in [2.45, 2.75) is 39.0 Å². The van der Waals surface area contributed by atoms with E-state index in [1.165, 1.54) is 17.0 Å². The zero-order chi connectivity index (χ0) is 21.1. The lowest BCUT2D eigenvalue weighted by Crippen LogP contribution is -2.33. The van der Waals surface area contributed by atoms with Crippen molar-refractivity contribution in [1.82, 2.24) is 14.9 Å². The van der Waals surface area contributed by atoms with Gasteiger partial charge in [0.2, 0.25) is 6.41 Å². The van der Waals surface area contributed by atoms with Crippen LogP contribution in [0, 0.1) is 5.82 Å². The molecule has 0 saturated carbocycles. The van der Waals surface area contributed by atoms with Crippen molar-refractivity contribution in [3.63, 3.8) is 0 Å². The second kappa shape index (κ2) is 11.8. The number of aliphatic hydroxyl groups is 1. The number of imidazole rings is 1. The Morgan fingerprint density at radius 2 is 2.00 bits per heavy atom. The summed E-state index contributed by atoms with van der Waals surface area (Å²) in [4.78, 5) is 40.5. The second-order valence-electron chi connectivity index (χ2n) is 6.16. The third-order valence-corrected chi connectivity index (χ3v) is 4.47. The van der Waals surface area contributed by atoms with Crippen LogP contribution in [0.5, 0.6) is 0 Å². The Kier molecular flexibility index (Phi) is 9.73. The average Bonchev–Trinajstić information content (AvgIpc) is 3.13. The number of amides is 2. The van der Waals surface area contributed by atoms with Gasteiger partial charge in [-0.15, -0.1) is 0 Å². The van der Waals surface area contributed by atoms with Crippen LogP contribution in [0.4, 0.5) is 4.39 Å². The summed E-state index contributed by atoms with van der Waals surface area (Å²) in [5.41, 5.74) is 3.12. The lowest BCUT2D eigenvalue weighted by Gasteiger charge is -2.21. The summed E-state index contributed by atoms with van der Waals surface area (Å²) < 4.78 is 13.2. The van der Waals surface area contributed by atoms with E-state index in [0.29, 0.717) is 29.7 Å². The maximum atomic E-state index is 13.2. The second-order valence-corrected chi connectivity index (χ2v) is 6.16.